The van der Waals surface area contributed by atoms with Gasteiger partial charge in [-0.1, -0.05) is 0 Å². The molecular formula is C14H20N2O2S. The number of rotatable bonds is 4. The van der Waals surface area contributed by atoms with Gasteiger partial charge >= 0.3 is 0 Å². The van der Waals surface area contributed by atoms with Crippen LogP contribution in [0.25, 0.3) is 0 Å². The lowest BCUT2D eigenvalue weighted by atomic mass is 10.0. The first kappa shape index (κ1) is 14.1. The number of ether oxygens (including phenoxy) is 1. The van der Waals surface area contributed by atoms with E-state index in [1.807, 2.05) is 11.8 Å². The number of carbonyl (C=O) groups excluding carboxylic acids is 1. The molecule has 1 aromatic rings. The summed E-state index contributed by atoms with van der Waals surface area (Å²) < 4.78 is 5.19. The van der Waals surface area contributed by atoms with Crippen molar-refractivity contribution in [1.29, 1.82) is 0 Å². The Morgan fingerprint density at radius 1 is 1.47 bits per heavy atom. The van der Waals surface area contributed by atoms with Gasteiger partial charge in [0.1, 0.15) is 5.75 Å². The summed E-state index contributed by atoms with van der Waals surface area (Å²) in [4.78, 5) is 12.1. The Hall–Kier alpha value is -1.36. The van der Waals surface area contributed by atoms with Crippen LogP contribution in [0, 0.1) is 5.92 Å². The highest BCUT2D eigenvalue weighted by Gasteiger charge is 2.17. The van der Waals surface area contributed by atoms with Crippen LogP contribution < -0.4 is 15.8 Å². The van der Waals surface area contributed by atoms with Crippen molar-refractivity contribution in [3.05, 3.63) is 23.8 Å². The van der Waals surface area contributed by atoms with Crippen molar-refractivity contribution in [2.24, 2.45) is 5.92 Å². The monoisotopic (exact) mass is 280 g/mol. The quantitative estimate of drug-likeness (QED) is 0.830. The molecule has 0 unspecified atom stereocenters. The fraction of sp³-hybridized carbons (Fsp3) is 0.500. The average Bonchev–Trinajstić information content (AvgIpc) is 2.45. The number of anilines is 1. The largest absolute Gasteiger partial charge is 0.496 e. The normalized spacial score (nSPS) is 16.1. The van der Waals surface area contributed by atoms with E-state index in [0.29, 0.717) is 22.9 Å². The first-order valence-electron chi connectivity index (χ1n) is 6.50. The van der Waals surface area contributed by atoms with Gasteiger partial charge in [-0.25, -0.2) is 0 Å². The maximum Gasteiger partial charge on any atom is 0.255 e. The summed E-state index contributed by atoms with van der Waals surface area (Å²) in [7, 11) is 1.55. The van der Waals surface area contributed by atoms with E-state index < -0.39 is 0 Å². The summed E-state index contributed by atoms with van der Waals surface area (Å²) in [5.41, 5.74) is 6.82. The van der Waals surface area contributed by atoms with Gasteiger partial charge in [-0.2, -0.15) is 11.8 Å². The van der Waals surface area contributed by atoms with Gasteiger partial charge in [-0.15, -0.1) is 0 Å². The number of carbonyl (C=O) groups is 1. The molecule has 1 amide bonds. The zero-order valence-electron chi connectivity index (χ0n) is 11.1. The van der Waals surface area contributed by atoms with E-state index >= 15 is 0 Å². The third-order valence-corrected chi connectivity index (χ3v) is 4.41. The van der Waals surface area contributed by atoms with Crippen LogP contribution >= 0.6 is 11.8 Å². The van der Waals surface area contributed by atoms with Gasteiger partial charge in [0.15, 0.2) is 0 Å². The number of hydrogen-bond donors (Lipinski definition) is 2. The lowest BCUT2D eigenvalue weighted by Gasteiger charge is -2.21. The summed E-state index contributed by atoms with van der Waals surface area (Å²) in [5, 5.41) is 2.99. The van der Waals surface area contributed by atoms with Crippen molar-refractivity contribution in [2.75, 3.05) is 30.9 Å². The van der Waals surface area contributed by atoms with Crippen LogP contribution in [0.1, 0.15) is 23.2 Å². The molecule has 1 aliphatic heterocycles. The van der Waals surface area contributed by atoms with E-state index in [-0.39, 0.29) is 5.91 Å². The van der Waals surface area contributed by atoms with Crippen LogP contribution in [0.15, 0.2) is 18.2 Å². The zero-order valence-corrected chi connectivity index (χ0v) is 12.0. The van der Waals surface area contributed by atoms with Crippen LogP contribution in [0.3, 0.4) is 0 Å². The molecule has 0 aromatic heterocycles. The fourth-order valence-corrected chi connectivity index (χ4v) is 3.38. The Balaban J connectivity index is 1.95. The minimum Gasteiger partial charge on any atom is -0.496 e. The predicted octanol–water partition coefficient (Wildman–Crippen LogP) is 2.15. The molecule has 1 saturated heterocycles. The minimum absolute atomic E-state index is 0.0879. The van der Waals surface area contributed by atoms with Gasteiger partial charge in [0.25, 0.3) is 5.91 Å². The number of benzene rings is 1. The zero-order chi connectivity index (χ0) is 13.7. The van der Waals surface area contributed by atoms with Crippen LogP contribution in [0.5, 0.6) is 5.75 Å². The first-order valence-corrected chi connectivity index (χ1v) is 7.65. The van der Waals surface area contributed by atoms with E-state index in [0.717, 1.165) is 6.54 Å². The predicted molar refractivity (Wildman–Crippen MR) is 79.8 cm³/mol. The van der Waals surface area contributed by atoms with Crippen LogP contribution in [-0.4, -0.2) is 31.1 Å². The number of nitrogens with one attached hydrogen (secondary N) is 1. The van der Waals surface area contributed by atoms with Crippen LogP contribution in [0.2, 0.25) is 0 Å². The van der Waals surface area contributed by atoms with Crippen molar-refractivity contribution in [2.45, 2.75) is 12.8 Å². The number of nitrogens with two attached hydrogens (primary N) is 1. The highest BCUT2D eigenvalue weighted by molar-refractivity contribution is 7.99. The maximum absolute atomic E-state index is 12.1. The molecule has 19 heavy (non-hydrogen) atoms. The van der Waals surface area contributed by atoms with Gasteiger partial charge in [-0.3, -0.25) is 4.79 Å². The number of methoxy groups -OCH3 is 1. The Morgan fingerprint density at radius 3 is 2.89 bits per heavy atom. The lowest BCUT2D eigenvalue weighted by Crippen LogP contribution is -2.31. The third kappa shape index (κ3) is 3.80. The van der Waals surface area contributed by atoms with Crippen molar-refractivity contribution in [1.82, 2.24) is 5.32 Å². The summed E-state index contributed by atoms with van der Waals surface area (Å²) in [6.45, 7) is 0.743. The smallest absolute Gasteiger partial charge is 0.255 e. The fourth-order valence-electron chi connectivity index (χ4n) is 2.18. The topological polar surface area (TPSA) is 64.3 Å². The highest BCUT2D eigenvalue weighted by atomic mass is 32.2. The Morgan fingerprint density at radius 2 is 2.21 bits per heavy atom. The molecule has 0 radical (unpaired) electrons. The SMILES string of the molecule is COc1cc(N)ccc1C(=O)NCC1CCSCC1. The highest BCUT2D eigenvalue weighted by Crippen LogP contribution is 2.23. The third-order valence-electron chi connectivity index (χ3n) is 3.36. The molecule has 5 heteroatoms. The Bertz CT molecular complexity index is 445. The molecule has 0 saturated carbocycles. The second kappa shape index (κ2) is 6.70. The molecule has 0 aliphatic carbocycles. The van der Waals surface area contributed by atoms with Crippen LogP contribution in [0.4, 0.5) is 5.69 Å². The molecule has 4 nitrogen and oxygen atoms in total. The van der Waals surface area contributed by atoms with Crippen molar-refractivity contribution < 1.29 is 9.53 Å². The van der Waals surface area contributed by atoms with Crippen molar-refractivity contribution >= 4 is 23.4 Å². The van der Waals surface area contributed by atoms with Gasteiger partial charge in [-0.05, 0) is 42.4 Å². The number of hydrogen-bond acceptors (Lipinski definition) is 4. The molecule has 1 fully saturated rings. The average molecular weight is 280 g/mol. The summed E-state index contributed by atoms with van der Waals surface area (Å²) in [5.74, 6) is 3.44. The summed E-state index contributed by atoms with van der Waals surface area (Å²) >= 11 is 1.99. The van der Waals surface area contributed by atoms with Crippen molar-refractivity contribution in [3.63, 3.8) is 0 Å². The van der Waals surface area contributed by atoms with E-state index in [1.165, 1.54) is 24.3 Å². The summed E-state index contributed by atoms with van der Waals surface area (Å²) in [6.07, 6.45) is 2.37. The molecule has 104 valence electrons. The molecule has 3 N–H and O–H groups in total. The van der Waals surface area contributed by atoms with E-state index in [1.54, 1.807) is 25.3 Å². The van der Waals surface area contributed by atoms with Crippen LogP contribution in [-0.2, 0) is 0 Å². The molecule has 0 spiro atoms. The van der Waals surface area contributed by atoms with Gasteiger partial charge in [0.2, 0.25) is 0 Å². The van der Waals surface area contributed by atoms with Gasteiger partial charge < -0.3 is 15.8 Å². The molecule has 0 bridgehead atoms. The van der Waals surface area contributed by atoms with Gasteiger partial charge in [0.05, 0.1) is 12.7 Å². The van der Waals surface area contributed by atoms with E-state index in [9.17, 15) is 4.79 Å². The Kier molecular flexibility index (Phi) is 4.96. The molecule has 0 atom stereocenters. The maximum atomic E-state index is 12.1. The molecule has 1 aromatic carbocycles. The number of nitrogen functional groups attached to an aromatic ring is 1. The van der Waals surface area contributed by atoms with Gasteiger partial charge in [0, 0.05) is 18.3 Å². The molecule has 1 heterocycles. The molecule has 2 rings (SSSR count). The number of thioether (sulfide) groups is 1. The molecule has 1 aliphatic rings. The second-order valence-corrected chi connectivity index (χ2v) is 5.95. The second-order valence-electron chi connectivity index (χ2n) is 4.73. The summed E-state index contributed by atoms with van der Waals surface area (Å²) in [6, 6.07) is 5.10. The lowest BCUT2D eigenvalue weighted by molar-refractivity contribution is 0.0943. The van der Waals surface area contributed by atoms with E-state index in [2.05, 4.69) is 5.32 Å². The van der Waals surface area contributed by atoms with Crippen molar-refractivity contribution in [3.8, 4) is 5.75 Å². The number of amides is 1. The standard InChI is InChI=1S/C14H20N2O2S/c1-18-13-8-11(15)2-3-12(13)14(17)16-9-10-4-6-19-7-5-10/h2-3,8,10H,4-7,9,15H2,1H3,(H,16,17). The minimum atomic E-state index is -0.0879. The Labute approximate surface area is 118 Å². The first-order chi connectivity index (χ1) is 9.20. The molecular weight excluding hydrogens is 260 g/mol. The van der Waals surface area contributed by atoms with E-state index in [4.69, 9.17) is 10.5 Å².